The third-order valence-corrected chi connectivity index (χ3v) is 4.14. The van der Waals surface area contributed by atoms with E-state index in [1.54, 1.807) is 17.6 Å². The Morgan fingerprint density at radius 2 is 2.00 bits per heavy atom. The van der Waals surface area contributed by atoms with E-state index in [-0.39, 0.29) is 12.8 Å². The Bertz CT molecular complexity index is 685. The summed E-state index contributed by atoms with van der Waals surface area (Å²) >= 11 is 0. The van der Waals surface area contributed by atoms with Gasteiger partial charge >= 0.3 is 6.18 Å². The molecular weight excluding hydrogens is 281 g/mol. The number of hydrogen-bond acceptors (Lipinski definition) is 3. The van der Waals surface area contributed by atoms with Crippen molar-refractivity contribution in [3.8, 4) is 0 Å². The molecule has 0 bridgehead atoms. The average Bonchev–Trinajstić information content (AvgIpc) is 3.05. The second-order valence-electron chi connectivity index (χ2n) is 5.80. The molecule has 1 fully saturated rings. The predicted molar refractivity (Wildman–Crippen MR) is 72.0 cm³/mol. The first-order chi connectivity index (χ1) is 9.73. The first-order valence-electron chi connectivity index (χ1n) is 6.90. The van der Waals surface area contributed by atoms with Crippen molar-refractivity contribution in [3.05, 3.63) is 29.2 Å². The van der Waals surface area contributed by atoms with E-state index < -0.39 is 17.8 Å². The Hall–Kier alpha value is -1.63. The highest BCUT2D eigenvalue weighted by molar-refractivity contribution is 5.42. The lowest BCUT2D eigenvalue weighted by Crippen LogP contribution is -2.46. The van der Waals surface area contributed by atoms with Gasteiger partial charge in [0.05, 0.1) is 5.69 Å². The number of nitrogens with zero attached hydrogens (tertiary/aromatic N) is 3. The van der Waals surface area contributed by atoms with Gasteiger partial charge in [-0.2, -0.15) is 18.3 Å². The van der Waals surface area contributed by atoms with Gasteiger partial charge in [0.1, 0.15) is 5.54 Å². The summed E-state index contributed by atoms with van der Waals surface area (Å²) in [5.41, 5.74) is 1.36. The molecule has 1 unspecified atom stereocenters. The van der Waals surface area contributed by atoms with Crippen molar-refractivity contribution in [1.82, 2.24) is 19.9 Å². The third-order valence-electron chi connectivity index (χ3n) is 4.14. The Labute approximate surface area is 120 Å². The zero-order valence-corrected chi connectivity index (χ0v) is 12.1. The molecule has 0 spiro atoms. The molecule has 2 aromatic heterocycles. The number of nitrogens with one attached hydrogen (secondary N) is 1. The largest absolute Gasteiger partial charge is 0.406 e. The van der Waals surface area contributed by atoms with Crippen LogP contribution in [0.1, 0.15) is 42.8 Å². The van der Waals surface area contributed by atoms with Gasteiger partial charge in [0.15, 0.2) is 5.65 Å². The van der Waals surface area contributed by atoms with Crippen LogP contribution >= 0.6 is 0 Å². The van der Waals surface area contributed by atoms with Crippen LogP contribution < -0.4 is 5.32 Å². The van der Waals surface area contributed by atoms with Crippen LogP contribution in [0.25, 0.3) is 5.65 Å². The highest BCUT2D eigenvalue weighted by Crippen LogP contribution is 2.50. The second-order valence-corrected chi connectivity index (χ2v) is 5.80. The molecule has 2 aromatic rings. The molecule has 1 aliphatic rings. The molecule has 0 aromatic carbocycles. The van der Waals surface area contributed by atoms with Crippen LogP contribution in [0.3, 0.4) is 0 Å². The minimum Gasteiger partial charge on any atom is -0.297 e. The highest BCUT2D eigenvalue weighted by Gasteiger charge is 2.63. The fraction of sp³-hybridized carbons (Fsp3) is 0.571. The third kappa shape index (κ3) is 2.29. The molecule has 21 heavy (non-hydrogen) atoms. The molecule has 7 heteroatoms. The van der Waals surface area contributed by atoms with E-state index in [9.17, 15) is 13.2 Å². The minimum absolute atomic E-state index is 0.135. The Morgan fingerprint density at radius 1 is 1.33 bits per heavy atom. The van der Waals surface area contributed by atoms with E-state index in [1.165, 1.54) is 0 Å². The lowest BCUT2D eigenvalue weighted by Gasteiger charge is -2.26. The molecule has 114 valence electrons. The average molecular weight is 298 g/mol. The lowest BCUT2D eigenvalue weighted by molar-refractivity contribution is -0.167. The van der Waals surface area contributed by atoms with Crippen molar-refractivity contribution in [3.63, 3.8) is 0 Å². The molecule has 0 amide bonds. The maximum absolute atomic E-state index is 13.0. The smallest absolute Gasteiger partial charge is 0.297 e. The van der Waals surface area contributed by atoms with Gasteiger partial charge in [-0.1, -0.05) is 0 Å². The van der Waals surface area contributed by atoms with E-state index in [0.717, 1.165) is 17.0 Å². The topological polar surface area (TPSA) is 42.2 Å². The first kappa shape index (κ1) is 14.3. The van der Waals surface area contributed by atoms with Gasteiger partial charge in [-0.25, -0.2) is 9.50 Å². The van der Waals surface area contributed by atoms with Crippen LogP contribution in [0.15, 0.2) is 12.3 Å². The maximum Gasteiger partial charge on any atom is 0.406 e. The van der Waals surface area contributed by atoms with Gasteiger partial charge < -0.3 is 0 Å². The molecule has 0 aliphatic heterocycles. The van der Waals surface area contributed by atoms with Crippen LogP contribution in [0.4, 0.5) is 13.2 Å². The summed E-state index contributed by atoms with van der Waals surface area (Å²) in [5.74, 6) is 0. The minimum atomic E-state index is -4.21. The Balaban J connectivity index is 1.92. The summed E-state index contributed by atoms with van der Waals surface area (Å²) in [4.78, 5) is 4.28. The Morgan fingerprint density at radius 3 is 2.57 bits per heavy atom. The normalized spacial score (nSPS) is 19.0. The van der Waals surface area contributed by atoms with E-state index in [0.29, 0.717) is 5.65 Å². The molecule has 3 rings (SSSR count). The molecule has 2 heterocycles. The van der Waals surface area contributed by atoms with Crippen LogP contribution in [0.2, 0.25) is 0 Å². The summed E-state index contributed by atoms with van der Waals surface area (Å²) < 4.78 is 40.8. The van der Waals surface area contributed by atoms with Crippen molar-refractivity contribution in [2.45, 2.75) is 51.4 Å². The number of alkyl halides is 3. The molecule has 4 nitrogen and oxygen atoms in total. The summed E-state index contributed by atoms with van der Waals surface area (Å²) in [7, 11) is 0. The fourth-order valence-corrected chi connectivity index (χ4v) is 2.73. The van der Waals surface area contributed by atoms with E-state index >= 15 is 0 Å². The van der Waals surface area contributed by atoms with Crippen molar-refractivity contribution >= 4 is 5.65 Å². The fourth-order valence-electron chi connectivity index (χ4n) is 2.73. The quantitative estimate of drug-likeness (QED) is 0.947. The van der Waals surface area contributed by atoms with Crippen molar-refractivity contribution in [1.29, 1.82) is 0 Å². The lowest BCUT2D eigenvalue weighted by atomic mass is 10.1. The molecule has 1 atom stereocenters. The summed E-state index contributed by atoms with van der Waals surface area (Å²) in [5, 5.41) is 7.05. The number of rotatable bonds is 3. The van der Waals surface area contributed by atoms with Gasteiger partial charge in [0, 0.05) is 29.6 Å². The predicted octanol–water partition coefficient (Wildman–Crippen LogP) is 3.09. The SMILES string of the molecule is Cc1cc2ncc(C(C)NC3(C(F)(F)F)CC3)c(C)n2n1. The molecule has 1 aliphatic carbocycles. The molecule has 1 saturated carbocycles. The molecule has 1 N–H and O–H groups in total. The first-order valence-corrected chi connectivity index (χ1v) is 6.90. The Kier molecular flexibility index (Phi) is 3.02. The second kappa shape index (κ2) is 4.43. The maximum atomic E-state index is 13.0. The van der Waals surface area contributed by atoms with E-state index in [1.807, 2.05) is 19.9 Å². The van der Waals surface area contributed by atoms with Crippen molar-refractivity contribution < 1.29 is 13.2 Å². The van der Waals surface area contributed by atoms with Gasteiger partial charge in [-0.05, 0) is 33.6 Å². The van der Waals surface area contributed by atoms with E-state index in [4.69, 9.17) is 0 Å². The van der Waals surface area contributed by atoms with E-state index in [2.05, 4.69) is 15.4 Å². The number of aromatic nitrogens is 3. The van der Waals surface area contributed by atoms with Crippen LogP contribution in [-0.2, 0) is 0 Å². The van der Waals surface area contributed by atoms with Gasteiger partial charge in [0.25, 0.3) is 0 Å². The van der Waals surface area contributed by atoms with Gasteiger partial charge in [-0.3, -0.25) is 5.32 Å². The summed E-state index contributed by atoms with van der Waals surface area (Å²) in [6, 6.07) is 1.41. The number of aryl methyl sites for hydroxylation is 2. The number of fused-ring (bicyclic) bond motifs is 1. The van der Waals surface area contributed by atoms with Crippen LogP contribution in [0, 0.1) is 13.8 Å². The number of halogens is 3. The molecule has 0 radical (unpaired) electrons. The summed E-state index contributed by atoms with van der Waals surface area (Å²) in [6.45, 7) is 5.44. The highest BCUT2D eigenvalue weighted by atomic mass is 19.4. The number of hydrogen-bond donors (Lipinski definition) is 1. The molecular formula is C14H17F3N4. The van der Waals surface area contributed by atoms with Crippen molar-refractivity contribution in [2.24, 2.45) is 0 Å². The standard InChI is InChI=1S/C14H17F3N4/c1-8-6-12-18-7-11(10(3)21(12)20-8)9(2)19-13(4-5-13)14(15,16)17/h6-7,9,19H,4-5H2,1-3H3. The summed E-state index contributed by atoms with van der Waals surface area (Å²) in [6.07, 6.45) is -2.31. The van der Waals surface area contributed by atoms with Crippen LogP contribution in [0.5, 0.6) is 0 Å². The monoisotopic (exact) mass is 298 g/mol. The van der Waals surface area contributed by atoms with Gasteiger partial charge in [-0.15, -0.1) is 0 Å². The molecule has 0 saturated heterocycles. The zero-order chi connectivity index (χ0) is 15.4. The van der Waals surface area contributed by atoms with Gasteiger partial charge in [0.2, 0.25) is 0 Å². The van der Waals surface area contributed by atoms with Crippen molar-refractivity contribution in [2.75, 3.05) is 0 Å². The van der Waals surface area contributed by atoms with Crippen LogP contribution in [-0.4, -0.2) is 26.3 Å². The zero-order valence-electron chi connectivity index (χ0n) is 12.1.